The van der Waals surface area contributed by atoms with E-state index in [0.717, 1.165) is 12.2 Å². The molecule has 3 heteroatoms. The number of halogens is 1. The number of aldehydes is 1. The minimum Gasteiger partial charge on any atom is -0.374 e. The van der Waals surface area contributed by atoms with Crippen molar-refractivity contribution in [3.05, 3.63) is 29.6 Å². The highest BCUT2D eigenvalue weighted by atomic mass is 19.1. The van der Waals surface area contributed by atoms with Crippen LogP contribution in [0.5, 0.6) is 0 Å². The van der Waals surface area contributed by atoms with E-state index in [1.54, 1.807) is 6.07 Å². The van der Waals surface area contributed by atoms with Crippen molar-refractivity contribution in [2.45, 2.75) is 25.7 Å². The third-order valence-electron chi connectivity index (χ3n) is 3.49. The molecular formula is C14H18FNO. The van der Waals surface area contributed by atoms with Gasteiger partial charge in [0.15, 0.2) is 0 Å². The zero-order valence-corrected chi connectivity index (χ0v) is 10.2. The van der Waals surface area contributed by atoms with Gasteiger partial charge in [0.1, 0.15) is 12.1 Å². The Labute approximate surface area is 101 Å². The highest BCUT2D eigenvalue weighted by molar-refractivity contribution is 5.77. The molecule has 92 valence electrons. The van der Waals surface area contributed by atoms with Crippen molar-refractivity contribution in [2.24, 2.45) is 5.92 Å². The fraction of sp³-hybridized carbons (Fsp3) is 0.500. The van der Waals surface area contributed by atoms with E-state index in [1.165, 1.54) is 37.8 Å². The fourth-order valence-electron chi connectivity index (χ4n) is 2.57. The Morgan fingerprint density at radius 1 is 1.35 bits per heavy atom. The SMILES string of the molecule is CN(CC1CCCC1)c1cc(F)cc(C=O)c1. The molecule has 1 aliphatic rings. The number of nitrogens with zero attached hydrogens (tertiary/aromatic N) is 1. The van der Waals surface area contributed by atoms with Crippen LogP contribution in [0.2, 0.25) is 0 Å². The number of anilines is 1. The quantitative estimate of drug-likeness (QED) is 0.746. The lowest BCUT2D eigenvalue weighted by atomic mass is 10.1. The fourth-order valence-corrected chi connectivity index (χ4v) is 2.57. The van der Waals surface area contributed by atoms with Crippen LogP contribution in [0.3, 0.4) is 0 Å². The predicted octanol–water partition coefficient (Wildman–Crippen LogP) is 3.26. The lowest BCUT2D eigenvalue weighted by Crippen LogP contribution is -2.24. The van der Waals surface area contributed by atoms with E-state index >= 15 is 0 Å². The van der Waals surface area contributed by atoms with Crippen LogP contribution >= 0.6 is 0 Å². The van der Waals surface area contributed by atoms with Gasteiger partial charge in [-0.3, -0.25) is 4.79 Å². The van der Waals surface area contributed by atoms with Gasteiger partial charge in [-0.05, 0) is 37.0 Å². The summed E-state index contributed by atoms with van der Waals surface area (Å²) in [7, 11) is 1.96. The summed E-state index contributed by atoms with van der Waals surface area (Å²) in [6, 6.07) is 4.49. The van der Waals surface area contributed by atoms with Crippen molar-refractivity contribution >= 4 is 12.0 Å². The van der Waals surface area contributed by atoms with Crippen molar-refractivity contribution < 1.29 is 9.18 Å². The van der Waals surface area contributed by atoms with Crippen LogP contribution in [0.4, 0.5) is 10.1 Å². The summed E-state index contributed by atoms with van der Waals surface area (Å²) < 4.78 is 13.3. The summed E-state index contributed by atoms with van der Waals surface area (Å²) >= 11 is 0. The number of hydrogen-bond acceptors (Lipinski definition) is 2. The Kier molecular flexibility index (Phi) is 3.77. The summed E-state index contributed by atoms with van der Waals surface area (Å²) in [5.74, 6) is 0.367. The summed E-state index contributed by atoms with van der Waals surface area (Å²) in [5.41, 5.74) is 1.19. The Bertz CT molecular complexity index is 399. The van der Waals surface area contributed by atoms with Crippen molar-refractivity contribution in [3.63, 3.8) is 0 Å². The van der Waals surface area contributed by atoms with Crippen molar-refractivity contribution in [1.82, 2.24) is 0 Å². The number of benzene rings is 1. The van der Waals surface area contributed by atoms with Crippen molar-refractivity contribution in [2.75, 3.05) is 18.5 Å². The lowest BCUT2D eigenvalue weighted by Gasteiger charge is -2.23. The first-order valence-corrected chi connectivity index (χ1v) is 6.16. The van der Waals surface area contributed by atoms with Gasteiger partial charge in [0, 0.05) is 24.8 Å². The standard InChI is InChI=1S/C14H18FNO/c1-16(9-11-4-2-3-5-11)14-7-12(10-17)6-13(15)8-14/h6-8,10-11H,2-5,9H2,1H3. The monoisotopic (exact) mass is 235 g/mol. The van der Waals surface area contributed by atoms with Gasteiger partial charge < -0.3 is 4.90 Å². The van der Waals surface area contributed by atoms with Crippen LogP contribution in [0, 0.1) is 11.7 Å². The summed E-state index contributed by atoms with van der Waals surface area (Å²) in [4.78, 5) is 12.7. The molecule has 1 saturated carbocycles. The van der Waals surface area contributed by atoms with E-state index in [1.807, 2.05) is 11.9 Å². The molecule has 1 aromatic carbocycles. The van der Waals surface area contributed by atoms with Gasteiger partial charge in [-0.1, -0.05) is 12.8 Å². The van der Waals surface area contributed by atoms with Gasteiger partial charge in [-0.15, -0.1) is 0 Å². The number of hydrogen-bond donors (Lipinski definition) is 0. The van der Waals surface area contributed by atoms with Crippen LogP contribution in [0.15, 0.2) is 18.2 Å². The Balaban J connectivity index is 2.09. The van der Waals surface area contributed by atoms with Gasteiger partial charge in [0.2, 0.25) is 0 Å². The number of rotatable bonds is 4. The molecule has 1 fully saturated rings. The van der Waals surface area contributed by atoms with E-state index in [-0.39, 0.29) is 5.82 Å². The Hall–Kier alpha value is -1.38. The number of carbonyl (C=O) groups is 1. The second-order valence-corrected chi connectivity index (χ2v) is 4.89. The molecule has 0 atom stereocenters. The van der Waals surface area contributed by atoms with E-state index in [2.05, 4.69) is 0 Å². The van der Waals surface area contributed by atoms with Gasteiger partial charge in [-0.2, -0.15) is 0 Å². The third kappa shape index (κ3) is 3.05. The molecule has 0 radical (unpaired) electrons. The zero-order chi connectivity index (χ0) is 12.3. The average Bonchev–Trinajstić information content (AvgIpc) is 2.81. The molecule has 17 heavy (non-hydrogen) atoms. The smallest absolute Gasteiger partial charge is 0.150 e. The van der Waals surface area contributed by atoms with Crippen LogP contribution in [0.25, 0.3) is 0 Å². The molecule has 0 saturated heterocycles. The summed E-state index contributed by atoms with van der Waals surface area (Å²) in [5, 5.41) is 0. The van der Waals surface area contributed by atoms with Crippen LogP contribution in [-0.4, -0.2) is 19.9 Å². The molecule has 0 heterocycles. The van der Waals surface area contributed by atoms with E-state index in [9.17, 15) is 9.18 Å². The summed E-state index contributed by atoms with van der Waals surface area (Å²) in [6.45, 7) is 0.946. The van der Waals surface area contributed by atoms with Gasteiger partial charge in [0.25, 0.3) is 0 Å². The molecular weight excluding hydrogens is 217 g/mol. The van der Waals surface area contributed by atoms with Crippen LogP contribution in [0.1, 0.15) is 36.0 Å². The molecule has 0 N–H and O–H groups in total. The Morgan fingerprint density at radius 3 is 2.71 bits per heavy atom. The largest absolute Gasteiger partial charge is 0.374 e. The van der Waals surface area contributed by atoms with Crippen LogP contribution in [-0.2, 0) is 0 Å². The normalized spacial score (nSPS) is 16.1. The predicted molar refractivity (Wildman–Crippen MR) is 67.0 cm³/mol. The van der Waals surface area contributed by atoms with Crippen LogP contribution < -0.4 is 4.90 Å². The van der Waals surface area contributed by atoms with Gasteiger partial charge in [-0.25, -0.2) is 4.39 Å². The maximum atomic E-state index is 13.3. The number of carbonyl (C=O) groups excluding carboxylic acids is 1. The minimum absolute atomic E-state index is 0.345. The second-order valence-electron chi connectivity index (χ2n) is 4.89. The van der Waals surface area contributed by atoms with Crippen molar-refractivity contribution in [1.29, 1.82) is 0 Å². The van der Waals surface area contributed by atoms with E-state index in [4.69, 9.17) is 0 Å². The third-order valence-corrected chi connectivity index (χ3v) is 3.49. The molecule has 1 aliphatic carbocycles. The molecule has 0 aliphatic heterocycles. The van der Waals surface area contributed by atoms with Crippen molar-refractivity contribution in [3.8, 4) is 0 Å². The second kappa shape index (κ2) is 5.30. The highest BCUT2D eigenvalue weighted by Crippen LogP contribution is 2.27. The maximum absolute atomic E-state index is 13.3. The first-order chi connectivity index (χ1) is 8.19. The molecule has 0 aromatic heterocycles. The van der Waals surface area contributed by atoms with E-state index < -0.39 is 0 Å². The highest BCUT2D eigenvalue weighted by Gasteiger charge is 2.17. The summed E-state index contributed by atoms with van der Waals surface area (Å²) in [6.07, 6.45) is 5.83. The molecule has 1 aromatic rings. The van der Waals surface area contributed by atoms with Gasteiger partial charge >= 0.3 is 0 Å². The molecule has 0 spiro atoms. The average molecular weight is 235 g/mol. The molecule has 0 unspecified atom stereocenters. The molecule has 0 bridgehead atoms. The first kappa shape index (κ1) is 12.1. The first-order valence-electron chi connectivity index (χ1n) is 6.16. The van der Waals surface area contributed by atoms with E-state index in [0.29, 0.717) is 17.8 Å². The molecule has 2 nitrogen and oxygen atoms in total. The molecule has 2 rings (SSSR count). The van der Waals surface area contributed by atoms with Gasteiger partial charge in [0.05, 0.1) is 0 Å². The molecule has 0 amide bonds. The maximum Gasteiger partial charge on any atom is 0.150 e. The minimum atomic E-state index is -0.345. The lowest BCUT2D eigenvalue weighted by molar-refractivity contribution is 0.112. The Morgan fingerprint density at radius 2 is 2.06 bits per heavy atom. The topological polar surface area (TPSA) is 20.3 Å². The zero-order valence-electron chi connectivity index (χ0n) is 10.2.